The summed E-state index contributed by atoms with van der Waals surface area (Å²) in [4.78, 5) is 27.9. The molecule has 0 bridgehead atoms. The van der Waals surface area contributed by atoms with Crippen molar-refractivity contribution >= 4 is 23.4 Å². The molecule has 0 amide bonds. The van der Waals surface area contributed by atoms with Gasteiger partial charge in [-0.2, -0.15) is 4.98 Å². The van der Waals surface area contributed by atoms with Gasteiger partial charge in [-0.15, -0.1) is 0 Å². The topological polar surface area (TPSA) is 75.4 Å². The van der Waals surface area contributed by atoms with Gasteiger partial charge >= 0.3 is 11.7 Å². The maximum atomic E-state index is 11.6. The second-order valence-corrected chi connectivity index (χ2v) is 3.97. The van der Waals surface area contributed by atoms with Gasteiger partial charge in [-0.25, -0.2) is 9.59 Å². The highest BCUT2D eigenvalue weighted by Crippen LogP contribution is 2.26. The number of carboxylic acids is 1. The molecular formula is C9H10ClN3O3. The number of carboxylic acid groups (broad SMARTS) is 1. The number of aromatic carboxylic acids is 1. The molecule has 16 heavy (non-hydrogen) atoms. The Labute approximate surface area is 96.1 Å². The zero-order valence-electron chi connectivity index (χ0n) is 8.60. The molecule has 0 spiro atoms. The number of nitrogens with zero attached hydrogens (tertiary/aromatic N) is 3. The molecule has 2 heterocycles. The molecule has 1 N–H and O–H groups in total. The van der Waals surface area contributed by atoms with Crippen molar-refractivity contribution in [2.24, 2.45) is 0 Å². The number of anilines is 1. The fourth-order valence-electron chi connectivity index (χ4n) is 1.87. The van der Waals surface area contributed by atoms with Gasteiger partial charge in [0.1, 0.15) is 11.4 Å². The molecule has 2 rings (SSSR count). The Bertz CT molecular complexity index is 511. The lowest BCUT2D eigenvalue weighted by Gasteiger charge is -2.29. The van der Waals surface area contributed by atoms with Crippen LogP contribution in [0.4, 0.5) is 5.82 Å². The standard InChI is InChI=1S/C9H10ClN3O3/c1-12-3-2-4-13-7(12)5(8(14)15)6(10)11-9(13)16/h2-4H2,1H3,(H,14,15). The highest BCUT2D eigenvalue weighted by atomic mass is 35.5. The van der Waals surface area contributed by atoms with Gasteiger partial charge in [-0.1, -0.05) is 11.6 Å². The largest absolute Gasteiger partial charge is 0.477 e. The number of hydrogen-bond acceptors (Lipinski definition) is 4. The number of aromatic nitrogens is 2. The third kappa shape index (κ3) is 1.55. The summed E-state index contributed by atoms with van der Waals surface area (Å²) in [5.74, 6) is -0.834. The monoisotopic (exact) mass is 243 g/mol. The van der Waals surface area contributed by atoms with Gasteiger partial charge < -0.3 is 10.0 Å². The Balaban J connectivity index is 2.79. The summed E-state index contributed by atoms with van der Waals surface area (Å²) in [5, 5.41) is 8.81. The van der Waals surface area contributed by atoms with Crippen LogP contribution in [0.1, 0.15) is 16.8 Å². The predicted octanol–water partition coefficient (Wildman–Crippen LogP) is 0.435. The van der Waals surface area contributed by atoms with Crippen molar-refractivity contribution in [3.8, 4) is 0 Å². The van der Waals surface area contributed by atoms with E-state index in [1.54, 1.807) is 11.9 Å². The van der Waals surface area contributed by atoms with E-state index >= 15 is 0 Å². The Hall–Kier alpha value is -1.56. The minimum absolute atomic E-state index is 0.108. The van der Waals surface area contributed by atoms with E-state index < -0.39 is 11.7 Å². The van der Waals surface area contributed by atoms with Crippen molar-refractivity contribution in [2.75, 3.05) is 18.5 Å². The Morgan fingerprint density at radius 1 is 1.50 bits per heavy atom. The van der Waals surface area contributed by atoms with Crippen LogP contribution in [0.5, 0.6) is 0 Å². The predicted molar refractivity (Wildman–Crippen MR) is 58.4 cm³/mol. The quantitative estimate of drug-likeness (QED) is 0.724. The van der Waals surface area contributed by atoms with Crippen LogP contribution in [0.2, 0.25) is 5.15 Å². The average molecular weight is 244 g/mol. The first kappa shape index (κ1) is 10.9. The highest BCUT2D eigenvalue weighted by Gasteiger charge is 2.26. The molecule has 0 aromatic carbocycles. The fourth-order valence-corrected chi connectivity index (χ4v) is 2.11. The Kier molecular flexibility index (Phi) is 2.59. The van der Waals surface area contributed by atoms with E-state index in [-0.39, 0.29) is 10.7 Å². The lowest BCUT2D eigenvalue weighted by atomic mass is 10.2. The van der Waals surface area contributed by atoms with E-state index in [1.165, 1.54) is 4.57 Å². The molecule has 1 aliphatic heterocycles. The van der Waals surface area contributed by atoms with Gasteiger partial charge in [-0.05, 0) is 6.42 Å². The van der Waals surface area contributed by atoms with E-state index in [1.807, 2.05) is 0 Å². The summed E-state index contributed by atoms with van der Waals surface area (Å²) in [5.41, 5.74) is -0.611. The molecule has 1 aromatic heterocycles. The smallest absolute Gasteiger partial charge is 0.350 e. The van der Waals surface area contributed by atoms with Crippen molar-refractivity contribution in [3.63, 3.8) is 0 Å². The Morgan fingerprint density at radius 3 is 2.81 bits per heavy atom. The van der Waals surface area contributed by atoms with Crippen LogP contribution in [0, 0.1) is 0 Å². The third-order valence-electron chi connectivity index (χ3n) is 2.56. The van der Waals surface area contributed by atoms with Crippen molar-refractivity contribution < 1.29 is 9.90 Å². The number of carbonyl (C=O) groups is 1. The lowest BCUT2D eigenvalue weighted by molar-refractivity contribution is 0.0696. The van der Waals surface area contributed by atoms with Gasteiger partial charge in [-0.3, -0.25) is 4.57 Å². The maximum Gasteiger partial charge on any atom is 0.350 e. The summed E-state index contributed by atoms with van der Waals surface area (Å²) < 4.78 is 1.35. The number of rotatable bonds is 1. The van der Waals surface area contributed by atoms with E-state index in [4.69, 9.17) is 16.7 Å². The highest BCUT2D eigenvalue weighted by molar-refractivity contribution is 6.32. The zero-order chi connectivity index (χ0) is 11.9. The first-order valence-electron chi connectivity index (χ1n) is 4.77. The van der Waals surface area contributed by atoms with Crippen LogP contribution in [0.15, 0.2) is 4.79 Å². The van der Waals surface area contributed by atoms with Crippen LogP contribution in [-0.2, 0) is 6.54 Å². The summed E-state index contributed by atoms with van der Waals surface area (Å²) in [6.45, 7) is 1.17. The molecule has 0 fully saturated rings. The molecule has 1 aromatic rings. The van der Waals surface area contributed by atoms with E-state index in [0.29, 0.717) is 18.9 Å². The Morgan fingerprint density at radius 2 is 2.19 bits per heavy atom. The van der Waals surface area contributed by atoms with Crippen molar-refractivity contribution in [1.29, 1.82) is 0 Å². The van der Waals surface area contributed by atoms with Crippen molar-refractivity contribution in [2.45, 2.75) is 13.0 Å². The summed E-state index contributed by atoms with van der Waals surface area (Å²) >= 11 is 5.69. The van der Waals surface area contributed by atoms with Gasteiger partial charge in [0, 0.05) is 20.1 Å². The second kappa shape index (κ2) is 3.79. The molecule has 6 nitrogen and oxygen atoms in total. The summed E-state index contributed by atoms with van der Waals surface area (Å²) in [7, 11) is 1.73. The van der Waals surface area contributed by atoms with Gasteiger partial charge in [0.15, 0.2) is 5.15 Å². The molecule has 0 unspecified atom stereocenters. The molecule has 1 aliphatic rings. The molecule has 86 valence electrons. The van der Waals surface area contributed by atoms with Crippen LogP contribution in [0.3, 0.4) is 0 Å². The van der Waals surface area contributed by atoms with Gasteiger partial charge in [0.2, 0.25) is 0 Å². The van der Waals surface area contributed by atoms with Crippen LogP contribution in [-0.4, -0.2) is 34.2 Å². The second-order valence-electron chi connectivity index (χ2n) is 3.62. The van der Waals surface area contributed by atoms with Crippen LogP contribution < -0.4 is 10.6 Å². The molecule has 0 saturated heterocycles. The van der Waals surface area contributed by atoms with Gasteiger partial charge in [0.05, 0.1) is 0 Å². The lowest BCUT2D eigenvalue weighted by Crippen LogP contribution is -2.38. The average Bonchev–Trinajstić information content (AvgIpc) is 2.19. The minimum Gasteiger partial charge on any atom is -0.477 e. The first-order valence-corrected chi connectivity index (χ1v) is 5.15. The van der Waals surface area contributed by atoms with Crippen molar-refractivity contribution in [1.82, 2.24) is 9.55 Å². The number of fused-ring (bicyclic) bond motifs is 1. The first-order chi connectivity index (χ1) is 7.52. The van der Waals surface area contributed by atoms with E-state index in [9.17, 15) is 9.59 Å². The van der Waals surface area contributed by atoms with Crippen molar-refractivity contribution in [3.05, 3.63) is 21.2 Å². The van der Waals surface area contributed by atoms with E-state index in [2.05, 4.69) is 4.98 Å². The SMILES string of the molecule is CN1CCCn2c1c(C(=O)O)c(Cl)nc2=O. The fraction of sp³-hybridized carbons (Fsp3) is 0.444. The molecular weight excluding hydrogens is 234 g/mol. The number of halogens is 1. The molecule has 0 atom stereocenters. The number of hydrogen-bond donors (Lipinski definition) is 1. The minimum atomic E-state index is -1.17. The van der Waals surface area contributed by atoms with Crippen LogP contribution >= 0.6 is 11.6 Å². The van der Waals surface area contributed by atoms with Gasteiger partial charge in [0.25, 0.3) is 0 Å². The van der Waals surface area contributed by atoms with Crippen LogP contribution in [0.25, 0.3) is 0 Å². The molecule has 0 aliphatic carbocycles. The molecule has 0 saturated carbocycles. The third-order valence-corrected chi connectivity index (χ3v) is 2.83. The summed E-state index contributed by atoms with van der Waals surface area (Å²) in [6, 6.07) is 0. The maximum absolute atomic E-state index is 11.6. The van der Waals surface area contributed by atoms with E-state index in [0.717, 1.165) is 6.42 Å². The molecule has 7 heteroatoms. The zero-order valence-corrected chi connectivity index (χ0v) is 9.36. The molecule has 0 radical (unpaired) electrons. The summed E-state index contributed by atoms with van der Waals surface area (Å²) in [6.07, 6.45) is 0.784. The normalized spacial score (nSPS) is 14.8.